The Morgan fingerprint density at radius 1 is 1.60 bits per heavy atom. The maximum absolute atomic E-state index is 10.3. The Bertz CT molecular complexity index is 153. The van der Waals surface area contributed by atoms with Crippen LogP contribution in [0.5, 0.6) is 0 Å². The highest BCUT2D eigenvalue weighted by Crippen LogP contribution is 2.23. The van der Waals surface area contributed by atoms with Crippen LogP contribution in [-0.2, 0) is 4.79 Å². The van der Waals surface area contributed by atoms with Crippen molar-refractivity contribution < 1.29 is 14.7 Å². The van der Waals surface area contributed by atoms with Gasteiger partial charge >= 0.3 is 6.09 Å². The molecule has 0 atom stereocenters. The van der Waals surface area contributed by atoms with E-state index < -0.39 is 6.09 Å². The smallest absolute Gasteiger partial charge is 0.414 e. The largest absolute Gasteiger partial charge is 0.465 e. The zero-order chi connectivity index (χ0) is 7.56. The van der Waals surface area contributed by atoms with Crippen molar-refractivity contribution in [2.75, 3.05) is 0 Å². The van der Waals surface area contributed by atoms with E-state index in [-0.39, 0.29) is 6.04 Å². The van der Waals surface area contributed by atoms with Gasteiger partial charge in [0.25, 0.3) is 0 Å². The summed E-state index contributed by atoms with van der Waals surface area (Å²) >= 11 is 0. The second-order valence-corrected chi connectivity index (χ2v) is 2.38. The fourth-order valence-corrected chi connectivity index (χ4v) is 0.952. The summed E-state index contributed by atoms with van der Waals surface area (Å²) in [7, 11) is 0. The fourth-order valence-electron chi connectivity index (χ4n) is 0.952. The molecule has 0 aliphatic heterocycles. The third kappa shape index (κ3) is 1.10. The zero-order valence-electron chi connectivity index (χ0n) is 5.49. The van der Waals surface area contributed by atoms with E-state index in [2.05, 4.69) is 0 Å². The molecule has 0 radical (unpaired) electrons. The van der Waals surface area contributed by atoms with Gasteiger partial charge in [0, 0.05) is 6.04 Å². The maximum atomic E-state index is 10.3. The molecule has 0 aromatic heterocycles. The van der Waals surface area contributed by atoms with Crippen LogP contribution in [0.1, 0.15) is 19.3 Å². The van der Waals surface area contributed by atoms with Crippen molar-refractivity contribution >= 4 is 12.5 Å². The first-order valence-corrected chi connectivity index (χ1v) is 3.22. The summed E-state index contributed by atoms with van der Waals surface area (Å²) in [4.78, 5) is 21.2. The lowest BCUT2D eigenvalue weighted by atomic mass is 9.92. The molecular formula is C6H9NO3. The summed E-state index contributed by atoms with van der Waals surface area (Å²) in [6.07, 6.45) is 1.92. The Labute approximate surface area is 58.4 Å². The van der Waals surface area contributed by atoms with E-state index >= 15 is 0 Å². The molecule has 0 spiro atoms. The number of imide groups is 1. The Kier molecular flexibility index (Phi) is 1.89. The predicted molar refractivity (Wildman–Crippen MR) is 33.6 cm³/mol. The third-order valence-electron chi connectivity index (χ3n) is 1.80. The standard InChI is InChI=1S/C6H9NO3/c8-4-7(6(9)10)5-2-1-3-5/h4-5H,1-3H2,(H,9,10). The van der Waals surface area contributed by atoms with E-state index in [0.29, 0.717) is 6.41 Å². The lowest BCUT2D eigenvalue weighted by Gasteiger charge is -2.30. The van der Waals surface area contributed by atoms with Gasteiger partial charge in [-0.2, -0.15) is 0 Å². The highest BCUT2D eigenvalue weighted by molar-refractivity contribution is 5.79. The van der Waals surface area contributed by atoms with Crippen LogP contribution >= 0.6 is 0 Å². The quantitative estimate of drug-likeness (QED) is 0.578. The van der Waals surface area contributed by atoms with Crippen molar-refractivity contribution in [3.63, 3.8) is 0 Å². The topological polar surface area (TPSA) is 57.6 Å². The van der Waals surface area contributed by atoms with Crippen molar-refractivity contribution in [3.05, 3.63) is 0 Å². The van der Waals surface area contributed by atoms with Gasteiger partial charge in [0.15, 0.2) is 0 Å². The van der Waals surface area contributed by atoms with Gasteiger partial charge in [0.1, 0.15) is 0 Å². The van der Waals surface area contributed by atoms with Crippen LogP contribution in [0.2, 0.25) is 0 Å². The van der Waals surface area contributed by atoms with Crippen LogP contribution in [0.4, 0.5) is 4.79 Å². The zero-order valence-corrected chi connectivity index (χ0v) is 5.49. The van der Waals surface area contributed by atoms with Crippen LogP contribution < -0.4 is 0 Å². The average Bonchev–Trinajstić information content (AvgIpc) is 1.76. The van der Waals surface area contributed by atoms with Crippen molar-refractivity contribution in [3.8, 4) is 0 Å². The second-order valence-electron chi connectivity index (χ2n) is 2.38. The molecule has 2 amide bonds. The lowest BCUT2D eigenvalue weighted by Crippen LogP contribution is -2.42. The molecule has 1 rings (SSSR count). The minimum Gasteiger partial charge on any atom is -0.465 e. The summed E-state index contributed by atoms with van der Waals surface area (Å²) in [6, 6.07) is -0.0463. The molecule has 1 aliphatic rings. The lowest BCUT2D eigenvalue weighted by molar-refractivity contribution is -0.119. The van der Waals surface area contributed by atoms with Gasteiger partial charge < -0.3 is 5.11 Å². The molecule has 56 valence electrons. The molecular weight excluding hydrogens is 134 g/mol. The first-order valence-electron chi connectivity index (χ1n) is 3.22. The third-order valence-corrected chi connectivity index (χ3v) is 1.80. The van der Waals surface area contributed by atoms with E-state index in [1.165, 1.54) is 0 Å². The van der Waals surface area contributed by atoms with E-state index in [4.69, 9.17) is 5.11 Å². The number of nitrogens with zero attached hydrogens (tertiary/aromatic N) is 1. The summed E-state index contributed by atoms with van der Waals surface area (Å²) in [5.74, 6) is 0. The van der Waals surface area contributed by atoms with E-state index in [0.717, 1.165) is 24.2 Å². The Morgan fingerprint density at radius 3 is 2.30 bits per heavy atom. The van der Waals surface area contributed by atoms with Gasteiger partial charge in [-0.15, -0.1) is 0 Å². The Hall–Kier alpha value is -1.06. The molecule has 1 aliphatic carbocycles. The molecule has 0 aromatic rings. The molecule has 1 fully saturated rings. The van der Waals surface area contributed by atoms with E-state index in [1.54, 1.807) is 0 Å². The molecule has 4 heteroatoms. The molecule has 4 nitrogen and oxygen atoms in total. The molecule has 0 saturated heterocycles. The van der Waals surface area contributed by atoms with Gasteiger partial charge in [-0.1, -0.05) is 0 Å². The number of hydrogen-bond donors (Lipinski definition) is 1. The molecule has 0 heterocycles. The fraction of sp³-hybridized carbons (Fsp3) is 0.667. The van der Waals surface area contributed by atoms with Gasteiger partial charge in [0.2, 0.25) is 6.41 Å². The summed E-state index contributed by atoms with van der Waals surface area (Å²) in [6.45, 7) is 0. The number of rotatable bonds is 2. The second kappa shape index (κ2) is 2.68. The molecule has 1 saturated carbocycles. The summed E-state index contributed by atoms with van der Waals surface area (Å²) in [5.41, 5.74) is 0. The summed E-state index contributed by atoms with van der Waals surface area (Å²) < 4.78 is 0. The van der Waals surface area contributed by atoms with Gasteiger partial charge in [0.05, 0.1) is 0 Å². The number of carbonyl (C=O) groups excluding carboxylic acids is 1. The SMILES string of the molecule is O=CN(C(=O)O)C1CCC1. The number of hydrogen-bond acceptors (Lipinski definition) is 2. The minimum atomic E-state index is -1.14. The predicted octanol–water partition coefficient (Wildman–Crippen LogP) is 0.675. The average molecular weight is 143 g/mol. The van der Waals surface area contributed by atoms with E-state index in [1.807, 2.05) is 0 Å². The van der Waals surface area contributed by atoms with Gasteiger partial charge in [-0.25, -0.2) is 9.69 Å². The van der Waals surface area contributed by atoms with E-state index in [9.17, 15) is 9.59 Å². The van der Waals surface area contributed by atoms with Crippen molar-refractivity contribution in [2.24, 2.45) is 0 Å². The van der Waals surface area contributed by atoms with Crippen LogP contribution in [0, 0.1) is 0 Å². The summed E-state index contributed by atoms with van der Waals surface area (Å²) in [5, 5.41) is 8.40. The number of carbonyl (C=O) groups is 2. The van der Waals surface area contributed by atoms with Crippen molar-refractivity contribution in [1.82, 2.24) is 4.90 Å². The molecule has 0 aromatic carbocycles. The highest BCUT2D eigenvalue weighted by Gasteiger charge is 2.27. The maximum Gasteiger partial charge on any atom is 0.414 e. The minimum absolute atomic E-state index is 0.0463. The molecule has 0 bridgehead atoms. The van der Waals surface area contributed by atoms with Gasteiger partial charge in [-0.3, -0.25) is 4.79 Å². The monoisotopic (exact) mass is 143 g/mol. The van der Waals surface area contributed by atoms with Crippen LogP contribution in [0.15, 0.2) is 0 Å². The van der Waals surface area contributed by atoms with Crippen LogP contribution in [-0.4, -0.2) is 28.6 Å². The van der Waals surface area contributed by atoms with Gasteiger partial charge in [-0.05, 0) is 19.3 Å². The van der Waals surface area contributed by atoms with Crippen molar-refractivity contribution in [2.45, 2.75) is 25.3 Å². The normalized spacial score (nSPS) is 17.6. The number of amides is 2. The highest BCUT2D eigenvalue weighted by atomic mass is 16.4. The van der Waals surface area contributed by atoms with Crippen LogP contribution in [0.3, 0.4) is 0 Å². The molecule has 1 N–H and O–H groups in total. The number of carboxylic acid groups (broad SMARTS) is 1. The Morgan fingerprint density at radius 2 is 2.20 bits per heavy atom. The first-order chi connectivity index (χ1) is 4.75. The molecule has 10 heavy (non-hydrogen) atoms. The first kappa shape index (κ1) is 7.05. The van der Waals surface area contributed by atoms with Crippen molar-refractivity contribution in [1.29, 1.82) is 0 Å². The Balaban J connectivity index is 2.46. The van der Waals surface area contributed by atoms with Crippen LogP contribution in [0.25, 0.3) is 0 Å². The molecule has 0 unspecified atom stereocenters.